The van der Waals surface area contributed by atoms with Crippen LogP contribution in [0.15, 0.2) is 22.7 Å². The van der Waals surface area contributed by atoms with Crippen molar-refractivity contribution in [1.29, 1.82) is 0 Å². The molecule has 0 saturated carbocycles. The zero-order valence-electron chi connectivity index (χ0n) is 11.9. The van der Waals surface area contributed by atoms with Crippen LogP contribution in [0.5, 0.6) is 0 Å². The number of nitrogens with zero attached hydrogens (tertiary/aromatic N) is 2. The fourth-order valence-corrected chi connectivity index (χ4v) is 3.79. The monoisotopic (exact) mass is 336 g/mol. The van der Waals surface area contributed by atoms with E-state index in [1.54, 1.807) is 6.92 Å². The summed E-state index contributed by atoms with van der Waals surface area (Å²) in [5.41, 5.74) is 1.94. The van der Waals surface area contributed by atoms with Crippen LogP contribution in [0.2, 0.25) is 0 Å². The summed E-state index contributed by atoms with van der Waals surface area (Å²) in [5.74, 6) is 0.151. The van der Waals surface area contributed by atoms with Crippen molar-refractivity contribution in [2.24, 2.45) is 0 Å². The molecule has 0 N–H and O–H groups in total. The van der Waals surface area contributed by atoms with Crippen molar-refractivity contribution in [3.8, 4) is 0 Å². The Morgan fingerprint density at radius 2 is 2.10 bits per heavy atom. The highest BCUT2D eigenvalue weighted by atomic mass is 79.9. The molecule has 2 saturated heterocycles. The van der Waals surface area contributed by atoms with E-state index in [0.717, 1.165) is 35.4 Å². The van der Waals surface area contributed by atoms with Gasteiger partial charge in [-0.15, -0.1) is 0 Å². The first-order valence-electron chi connectivity index (χ1n) is 7.44. The van der Waals surface area contributed by atoms with E-state index in [-0.39, 0.29) is 5.78 Å². The van der Waals surface area contributed by atoms with Gasteiger partial charge < -0.3 is 4.90 Å². The molecule has 2 aliphatic rings. The van der Waals surface area contributed by atoms with Crippen molar-refractivity contribution in [2.45, 2.75) is 32.2 Å². The Hall–Kier alpha value is -0.870. The number of rotatable bonds is 2. The normalized spacial score (nSPS) is 23.5. The number of hydrogen-bond donors (Lipinski definition) is 0. The SMILES string of the molecule is CC(=O)c1ccc(Br)cc1N1CCN2CCCCC2C1. The van der Waals surface area contributed by atoms with Crippen LogP contribution >= 0.6 is 15.9 Å². The zero-order chi connectivity index (χ0) is 14.1. The van der Waals surface area contributed by atoms with Crippen molar-refractivity contribution >= 4 is 27.4 Å². The standard InChI is InChI=1S/C16H21BrN2O/c1-12(20)15-6-5-13(17)10-16(15)19-9-8-18-7-3-2-4-14(18)11-19/h5-6,10,14H,2-4,7-9,11H2,1H3. The summed E-state index contributed by atoms with van der Waals surface area (Å²) in [6.45, 7) is 6.10. The minimum Gasteiger partial charge on any atom is -0.368 e. The summed E-state index contributed by atoms with van der Waals surface area (Å²) in [4.78, 5) is 16.9. The molecule has 0 spiro atoms. The lowest BCUT2D eigenvalue weighted by molar-refractivity contribution is 0.101. The Morgan fingerprint density at radius 1 is 1.25 bits per heavy atom. The lowest BCUT2D eigenvalue weighted by Gasteiger charge is -2.45. The number of fused-ring (bicyclic) bond motifs is 1. The first kappa shape index (κ1) is 14.1. The van der Waals surface area contributed by atoms with Crippen molar-refractivity contribution < 1.29 is 4.79 Å². The fourth-order valence-electron chi connectivity index (χ4n) is 3.44. The summed E-state index contributed by atoms with van der Waals surface area (Å²) in [5, 5.41) is 0. The molecule has 0 aliphatic carbocycles. The maximum absolute atomic E-state index is 11.9. The number of anilines is 1. The highest BCUT2D eigenvalue weighted by Gasteiger charge is 2.30. The van der Waals surface area contributed by atoms with E-state index in [4.69, 9.17) is 0 Å². The van der Waals surface area contributed by atoms with Gasteiger partial charge in [-0.25, -0.2) is 0 Å². The third-order valence-corrected chi connectivity index (χ3v) is 5.01. The second-order valence-electron chi connectivity index (χ2n) is 5.85. The van der Waals surface area contributed by atoms with Gasteiger partial charge in [0.1, 0.15) is 0 Å². The molecule has 3 nitrogen and oxygen atoms in total. The lowest BCUT2D eigenvalue weighted by atomic mass is 9.98. The summed E-state index contributed by atoms with van der Waals surface area (Å²) in [7, 11) is 0. The van der Waals surface area contributed by atoms with E-state index in [1.807, 2.05) is 12.1 Å². The zero-order valence-corrected chi connectivity index (χ0v) is 13.5. The van der Waals surface area contributed by atoms with Crippen molar-refractivity contribution in [3.05, 3.63) is 28.2 Å². The summed E-state index contributed by atoms with van der Waals surface area (Å²) < 4.78 is 1.04. The van der Waals surface area contributed by atoms with Gasteiger partial charge in [0.15, 0.2) is 5.78 Å². The van der Waals surface area contributed by atoms with Crippen LogP contribution in [0.4, 0.5) is 5.69 Å². The van der Waals surface area contributed by atoms with Gasteiger partial charge in [-0.2, -0.15) is 0 Å². The minimum atomic E-state index is 0.151. The second kappa shape index (κ2) is 5.86. The van der Waals surface area contributed by atoms with E-state index < -0.39 is 0 Å². The molecule has 1 aromatic rings. The largest absolute Gasteiger partial charge is 0.368 e. The van der Waals surface area contributed by atoms with Gasteiger partial charge >= 0.3 is 0 Å². The van der Waals surface area contributed by atoms with Crippen molar-refractivity contribution in [2.75, 3.05) is 31.1 Å². The Morgan fingerprint density at radius 3 is 2.90 bits per heavy atom. The molecule has 2 aliphatic heterocycles. The molecular weight excluding hydrogens is 316 g/mol. The Balaban J connectivity index is 1.85. The Kier molecular flexibility index (Phi) is 4.13. The van der Waals surface area contributed by atoms with Gasteiger partial charge in [-0.1, -0.05) is 22.4 Å². The molecule has 0 bridgehead atoms. The Labute approximate surface area is 129 Å². The second-order valence-corrected chi connectivity index (χ2v) is 6.76. The van der Waals surface area contributed by atoms with E-state index in [9.17, 15) is 4.79 Å². The van der Waals surface area contributed by atoms with E-state index in [1.165, 1.54) is 25.8 Å². The third-order valence-electron chi connectivity index (χ3n) is 4.52. The van der Waals surface area contributed by atoms with Crippen LogP contribution in [0.3, 0.4) is 0 Å². The molecule has 0 amide bonds. The molecule has 2 fully saturated rings. The first-order chi connectivity index (χ1) is 9.65. The number of benzene rings is 1. The number of Topliss-reactive ketones (excluding diaryl/α,β-unsaturated/α-hetero) is 1. The molecular formula is C16H21BrN2O. The average molecular weight is 337 g/mol. The molecule has 4 heteroatoms. The number of hydrogen-bond acceptors (Lipinski definition) is 3. The minimum absolute atomic E-state index is 0.151. The number of ketones is 1. The van der Waals surface area contributed by atoms with Crippen LogP contribution in [-0.4, -0.2) is 42.9 Å². The molecule has 3 rings (SSSR count). The fraction of sp³-hybridized carbons (Fsp3) is 0.562. The molecule has 0 radical (unpaired) electrons. The van der Waals surface area contributed by atoms with E-state index >= 15 is 0 Å². The molecule has 1 unspecified atom stereocenters. The van der Waals surface area contributed by atoms with Gasteiger partial charge in [-0.05, 0) is 44.5 Å². The van der Waals surface area contributed by atoms with Crippen LogP contribution in [-0.2, 0) is 0 Å². The topological polar surface area (TPSA) is 23.6 Å². The molecule has 0 aromatic heterocycles. The number of carbonyl (C=O) groups excluding carboxylic acids is 1. The van der Waals surface area contributed by atoms with Gasteiger partial charge in [0.05, 0.1) is 0 Å². The quantitative estimate of drug-likeness (QED) is 0.774. The van der Waals surface area contributed by atoms with Gasteiger partial charge in [-0.3, -0.25) is 9.69 Å². The third kappa shape index (κ3) is 2.77. The number of piperazine rings is 1. The smallest absolute Gasteiger partial charge is 0.161 e. The maximum Gasteiger partial charge on any atom is 0.161 e. The predicted molar refractivity (Wildman–Crippen MR) is 85.6 cm³/mol. The van der Waals surface area contributed by atoms with E-state index in [0.29, 0.717) is 6.04 Å². The maximum atomic E-state index is 11.9. The van der Waals surface area contributed by atoms with Crippen LogP contribution < -0.4 is 4.90 Å². The molecule has 20 heavy (non-hydrogen) atoms. The van der Waals surface area contributed by atoms with Gasteiger partial charge in [0, 0.05) is 41.4 Å². The summed E-state index contributed by atoms with van der Waals surface area (Å²) >= 11 is 3.53. The van der Waals surface area contributed by atoms with Crippen LogP contribution in [0.25, 0.3) is 0 Å². The van der Waals surface area contributed by atoms with Gasteiger partial charge in [0.2, 0.25) is 0 Å². The summed E-state index contributed by atoms with van der Waals surface area (Å²) in [6, 6.07) is 6.65. The highest BCUT2D eigenvalue weighted by molar-refractivity contribution is 9.10. The molecule has 1 atom stereocenters. The highest BCUT2D eigenvalue weighted by Crippen LogP contribution is 2.30. The molecule has 1 aromatic carbocycles. The van der Waals surface area contributed by atoms with Gasteiger partial charge in [0.25, 0.3) is 0 Å². The molecule has 108 valence electrons. The average Bonchev–Trinajstić information content (AvgIpc) is 2.46. The van der Waals surface area contributed by atoms with Crippen molar-refractivity contribution in [1.82, 2.24) is 4.90 Å². The van der Waals surface area contributed by atoms with Crippen LogP contribution in [0, 0.1) is 0 Å². The van der Waals surface area contributed by atoms with Crippen molar-refractivity contribution in [3.63, 3.8) is 0 Å². The number of piperidine rings is 1. The first-order valence-corrected chi connectivity index (χ1v) is 8.24. The van der Waals surface area contributed by atoms with Crippen LogP contribution in [0.1, 0.15) is 36.5 Å². The predicted octanol–water partition coefficient (Wildman–Crippen LogP) is 3.33. The van der Waals surface area contributed by atoms with E-state index in [2.05, 4.69) is 31.8 Å². The Bertz CT molecular complexity index is 517. The molecule has 2 heterocycles. The number of carbonyl (C=O) groups is 1. The number of halogens is 1. The summed E-state index contributed by atoms with van der Waals surface area (Å²) in [6.07, 6.45) is 3.97. The lowest BCUT2D eigenvalue weighted by Crippen LogP contribution is -2.55.